The van der Waals surface area contributed by atoms with E-state index in [1.807, 2.05) is 29.2 Å². The molecule has 0 bridgehead atoms. The van der Waals surface area contributed by atoms with Crippen molar-refractivity contribution in [3.63, 3.8) is 0 Å². The maximum absolute atomic E-state index is 12.9. The molecule has 0 radical (unpaired) electrons. The first-order chi connectivity index (χ1) is 15.2. The largest absolute Gasteiger partial charge is 0.462 e. The van der Waals surface area contributed by atoms with E-state index in [2.05, 4.69) is 46.1 Å². The van der Waals surface area contributed by atoms with Gasteiger partial charge in [0, 0.05) is 50.2 Å². The van der Waals surface area contributed by atoms with E-state index in [9.17, 15) is 4.79 Å². The Bertz CT molecular complexity index is 956. The number of hydrogen-bond donors (Lipinski definition) is 0. The molecule has 1 amide bonds. The van der Waals surface area contributed by atoms with E-state index in [1.165, 1.54) is 5.56 Å². The van der Waals surface area contributed by atoms with Crippen LogP contribution in [0.5, 0.6) is 0 Å². The van der Waals surface area contributed by atoms with Crippen molar-refractivity contribution in [2.45, 2.75) is 26.9 Å². The van der Waals surface area contributed by atoms with Gasteiger partial charge in [0.1, 0.15) is 0 Å². The van der Waals surface area contributed by atoms with Crippen molar-refractivity contribution < 1.29 is 9.21 Å². The summed E-state index contributed by atoms with van der Waals surface area (Å²) in [4.78, 5) is 24.3. The number of thiazole rings is 1. The molecule has 0 atom stereocenters. The van der Waals surface area contributed by atoms with E-state index >= 15 is 0 Å². The van der Waals surface area contributed by atoms with Crippen LogP contribution in [-0.2, 0) is 13.1 Å². The van der Waals surface area contributed by atoms with Crippen LogP contribution in [0.15, 0.2) is 52.5 Å². The van der Waals surface area contributed by atoms with Crippen LogP contribution >= 0.6 is 11.3 Å². The lowest BCUT2D eigenvalue weighted by atomic mass is 10.1. The van der Waals surface area contributed by atoms with Crippen LogP contribution in [-0.4, -0.2) is 64.9 Å². The molecule has 3 aromatic rings. The standard InChI is InChI=1S/C24H30N4O2S/c1-3-26(4-2)16-19-7-9-20(10-8-19)24(29)28-13-11-27(12-14-28)17-21-18-31-23(25-21)22-6-5-15-30-22/h5-10,15,18H,3-4,11-14,16-17H2,1-2H3. The molecule has 0 saturated carbocycles. The van der Waals surface area contributed by atoms with Gasteiger partial charge in [-0.15, -0.1) is 11.3 Å². The number of hydrogen-bond acceptors (Lipinski definition) is 6. The lowest BCUT2D eigenvalue weighted by molar-refractivity contribution is 0.0627. The second-order valence-corrected chi connectivity index (χ2v) is 8.71. The summed E-state index contributed by atoms with van der Waals surface area (Å²) in [7, 11) is 0. The zero-order valence-corrected chi connectivity index (χ0v) is 19.1. The quantitative estimate of drug-likeness (QED) is 0.528. The van der Waals surface area contributed by atoms with Gasteiger partial charge in [-0.25, -0.2) is 4.98 Å². The van der Waals surface area contributed by atoms with Crippen molar-refractivity contribution in [2.24, 2.45) is 0 Å². The number of carbonyl (C=O) groups is 1. The first-order valence-electron chi connectivity index (χ1n) is 11.0. The monoisotopic (exact) mass is 438 g/mol. The molecule has 31 heavy (non-hydrogen) atoms. The molecule has 2 aromatic heterocycles. The summed E-state index contributed by atoms with van der Waals surface area (Å²) < 4.78 is 5.43. The molecule has 1 aromatic carbocycles. The number of carbonyl (C=O) groups excluding carboxylic acids is 1. The number of aromatic nitrogens is 1. The average molecular weight is 439 g/mol. The molecular formula is C24H30N4O2S. The van der Waals surface area contributed by atoms with Gasteiger partial charge in [0.05, 0.1) is 12.0 Å². The molecule has 0 aliphatic carbocycles. The number of rotatable bonds is 8. The minimum Gasteiger partial charge on any atom is -0.462 e. The fourth-order valence-corrected chi connectivity index (χ4v) is 4.65. The van der Waals surface area contributed by atoms with Crippen molar-refractivity contribution in [1.82, 2.24) is 19.7 Å². The van der Waals surface area contributed by atoms with Gasteiger partial charge in [0.15, 0.2) is 10.8 Å². The highest BCUT2D eigenvalue weighted by atomic mass is 32.1. The second kappa shape index (κ2) is 10.2. The van der Waals surface area contributed by atoms with E-state index in [0.29, 0.717) is 0 Å². The minimum atomic E-state index is 0.128. The van der Waals surface area contributed by atoms with Crippen LogP contribution in [0, 0.1) is 0 Å². The maximum Gasteiger partial charge on any atom is 0.253 e. The predicted molar refractivity (Wildman–Crippen MR) is 124 cm³/mol. The van der Waals surface area contributed by atoms with Crippen molar-refractivity contribution in [3.8, 4) is 10.8 Å². The highest BCUT2D eigenvalue weighted by molar-refractivity contribution is 7.13. The minimum absolute atomic E-state index is 0.128. The van der Waals surface area contributed by atoms with Gasteiger partial charge >= 0.3 is 0 Å². The van der Waals surface area contributed by atoms with Gasteiger partial charge in [-0.1, -0.05) is 26.0 Å². The van der Waals surface area contributed by atoms with Crippen molar-refractivity contribution in [1.29, 1.82) is 0 Å². The van der Waals surface area contributed by atoms with E-state index in [1.54, 1.807) is 17.6 Å². The Hall–Kier alpha value is -2.48. The molecule has 1 aliphatic heterocycles. The number of benzene rings is 1. The Morgan fingerprint density at radius 2 is 1.84 bits per heavy atom. The zero-order valence-electron chi connectivity index (χ0n) is 18.3. The third kappa shape index (κ3) is 5.42. The molecule has 6 nitrogen and oxygen atoms in total. The SMILES string of the molecule is CCN(CC)Cc1ccc(C(=O)N2CCN(Cc3csc(-c4ccco4)n3)CC2)cc1. The van der Waals surface area contributed by atoms with Crippen molar-refractivity contribution >= 4 is 17.2 Å². The molecule has 0 spiro atoms. The zero-order chi connectivity index (χ0) is 21.6. The molecule has 1 aliphatic rings. The normalized spacial score (nSPS) is 15.0. The van der Waals surface area contributed by atoms with Crippen LogP contribution in [0.1, 0.15) is 35.5 Å². The van der Waals surface area contributed by atoms with Crippen molar-refractivity contribution in [2.75, 3.05) is 39.3 Å². The predicted octanol–water partition coefficient (Wildman–Crippen LogP) is 4.20. The van der Waals surface area contributed by atoms with Gasteiger partial charge in [-0.05, 0) is 42.9 Å². The Morgan fingerprint density at radius 1 is 1.10 bits per heavy atom. The lowest BCUT2D eigenvalue weighted by Gasteiger charge is -2.34. The Kier molecular flexibility index (Phi) is 7.17. The Labute approximate surface area is 188 Å². The summed E-state index contributed by atoms with van der Waals surface area (Å²) in [6, 6.07) is 11.9. The topological polar surface area (TPSA) is 52.8 Å². The molecular weight excluding hydrogens is 408 g/mol. The van der Waals surface area contributed by atoms with E-state index in [-0.39, 0.29) is 5.91 Å². The summed E-state index contributed by atoms with van der Waals surface area (Å²) >= 11 is 1.61. The maximum atomic E-state index is 12.9. The molecule has 0 unspecified atom stereocenters. The van der Waals surface area contributed by atoms with Gasteiger partial charge in [-0.2, -0.15) is 0 Å². The smallest absolute Gasteiger partial charge is 0.253 e. The molecule has 3 heterocycles. The summed E-state index contributed by atoms with van der Waals surface area (Å²) in [6.45, 7) is 11.4. The number of amides is 1. The molecule has 1 fully saturated rings. The lowest BCUT2D eigenvalue weighted by Crippen LogP contribution is -2.48. The van der Waals surface area contributed by atoms with Gasteiger partial charge in [0.2, 0.25) is 0 Å². The molecule has 4 rings (SSSR count). The second-order valence-electron chi connectivity index (χ2n) is 7.85. The van der Waals surface area contributed by atoms with Crippen LogP contribution in [0.25, 0.3) is 10.8 Å². The first-order valence-corrected chi connectivity index (χ1v) is 11.9. The highest BCUT2D eigenvalue weighted by Crippen LogP contribution is 2.24. The van der Waals surface area contributed by atoms with Gasteiger partial charge < -0.3 is 9.32 Å². The van der Waals surface area contributed by atoms with Gasteiger partial charge in [-0.3, -0.25) is 14.6 Å². The van der Waals surface area contributed by atoms with E-state index in [0.717, 1.165) is 74.4 Å². The van der Waals surface area contributed by atoms with Crippen LogP contribution in [0.2, 0.25) is 0 Å². The number of nitrogens with zero attached hydrogens (tertiary/aromatic N) is 4. The molecule has 164 valence electrons. The van der Waals surface area contributed by atoms with Gasteiger partial charge in [0.25, 0.3) is 5.91 Å². The van der Waals surface area contributed by atoms with Crippen LogP contribution < -0.4 is 0 Å². The first kappa shape index (κ1) is 21.7. The molecule has 1 saturated heterocycles. The Morgan fingerprint density at radius 3 is 2.48 bits per heavy atom. The molecule has 0 N–H and O–H groups in total. The summed E-state index contributed by atoms with van der Waals surface area (Å²) in [5.74, 6) is 0.942. The summed E-state index contributed by atoms with van der Waals surface area (Å²) in [5, 5.41) is 3.01. The fourth-order valence-electron chi connectivity index (χ4n) is 3.87. The highest BCUT2D eigenvalue weighted by Gasteiger charge is 2.23. The van der Waals surface area contributed by atoms with Crippen LogP contribution in [0.3, 0.4) is 0 Å². The molecule has 7 heteroatoms. The number of piperazine rings is 1. The third-order valence-corrected chi connectivity index (χ3v) is 6.74. The summed E-state index contributed by atoms with van der Waals surface area (Å²) in [6.07, 6.45) is 1.67. The number of furan rings is 1. The average Bonchev–Trinajstić information content (AvgIpc) is 3.50. The fraction of sp³-hybridized carbons (Fsp3) is 0.417. The van der Waals surface area contributed by atoms with E-state index < -0.39 is 0 Å². The summed E-state index contributed by atoms with van der Waals surface area (Å²) in [5.41, 5.74) is 3.08. The van der Waals surface area contributed by atoms with E-state index in [4.69, 9.17) is 4.42 Å². The third-order valence-electron chi connectivity index (χ3n) is 5.83. The van der Waals surface area contributed by atoms with Crippen molar-refractivity contribution in [3.05, 3.63) is 64.9 Å². The Balaban J connectivity index is 1.28. The van der Waals surface area contributed by atoms with Crippen LogP contribution in [0.4, 0.5) is 0 Å².